The second-order valence-corrected chi connectivity index (χ2v) is 15.8. The van der Waals surface area contributed by atoms with Crippen LogP contribution in [0.2, 0.25) is 0 Å². The summed E-state index contributed by atoms with van der Waals surface area (Å²) in [5.74, 6) is 0. The second-order valence-electron chi connectivity index (χ2n) is 15.8. The molecule has 53 heavy (non-hydrogen) atoms. The molecule has 0 saturated carbocycles. The van der Waals surface area contributed by atoms with Crippen LogP contribution in [0.15, 0.2) is 156 Å². The number of aromatic nitrogens is 1. The van der Waals surface area contributed by atoms with Crippen molar-refractivity contribution >= 4 is 76.1 Å². The number of benzene rings is 9. The van der Waals surface area contributed by atoms with Crippen molar-refractivity contribution in [3.05, 3.63) is 163 Å². The highest BCUT2D eigenvalue weighted by Gasteiger charge is 2.22. The summed E-state index contributed by atoms with van der Waals surface area (Å²) in [6.45, 7) is 9.06. The Morgan fingerprint density at radius 1 is 0.472 bits per heavy atom. The molecule has 0 aliphatic carbocycles. The molecule has 0 aliphatic rings. The molecule has 0 saturated heterocycles. The van der Waals surface area contributed by atoms with Gasteiger partial charge in [0.15, 0.2) is 0 Å². The fraction of sp³-hybridized carbons (Fsp3) is 0.0980. The zero-order valence-electron chi connectivity index (χ0n) is 30.3. The Kier molecular flexibility index (Phi) is 6.18. The first-order valence-electron chi connectivity index (χ1n) is 18.6. The minimum atomic E-state index is 0.0683. The van der Waals surface area contributed by atoms with E-state index in [1.54, 1.807) is 0 Å². The first-order valence-corrected chi connectivity index (χ1v) is 18.6. The summed E-state index contributed by atoms with van der Waals surface area (Å²) < 4.78 is 8.94. The van der Waals surface area contributed by atoms with Gasteiger partial charge in [-0.3, -0.25) is 0 Å². The Balaban J connectivity index is 1.14. The van der Waals surface area contributed by atoms with Crippen LogP contribution in [-0.2, 0) is 5.41 Å². The van der Waals surface area contributed by atoms with Gasteiger partial charge in [0.1, 0.15) is 11.2 Å². The number of nitrogens with zero attached hydrogens (tertiary/aromatic N) is 1. The van der Waals surface area contributed by atoms with Crippen molar-refractivity contribution in [2.75, 3.05) is 0 Å². The summed E-state index contributed by atoms with van der Waals surface area (Å²) in [6, 6.07) is 56.2. The second kappa shape index (κ2) is 10.8. The lowest BCUT2D eigenvalue weighted by atomic mass is 9.81. The fourth-order valence-corrected chi connectivity index (χ4v) is 8.86. The van der Waals surface area contributed by atoms with Crippen LogP contribution in [0.1, 0.15) is 31.9 Å². The number of hydrogen-bond acceptors (Lipinski definition) is 1. The molecular weight excluding hydrogens is 643 g/mol. The average Bonchev–Trinajstić information content (AvgIpc) is 3.72. The lowest BCUT2D eigenvalue weighted by Gasteiger charge is -2.23. The minimum Gasteiger partial charge on any atom is -0.455 e. The van der Waals surface area contributed by atoms with E-state index >= 15 is 0 Å². The molecule has 0 aliphatic heterocycles. The fourth-order valence-electron chi connectivity index (χ4n) is 8.86. The maximum atomic E-state index is 6.55. The molecule has 0 N–H and O–H groups in total. The molecule has 2 aromatic heterocycles. The standard InChI is InChI=1S/C51H37NO/c1-30-13-15-31(16-14-30)42-29-43(39-24-20-34-28-35(51(2,3)4)27-33-19-23-38(42)48(39)47(33)34)32-17-21-36(22-18-32)52-44-11-7-5-10-41(44)49-45(52)26-25-40-37-9-6-8-12-46(37)53-50(40)49/h5-29H,1-4H3. The molecule has 0 amide bonds. The van der Waals surface area contributed by atoms with Crippen molar-refractivity contribution in [1.29, 1.82) is 0 Å². The molecule has 9 aromatic carbocycles. The van der Waals surface area contributed by atoms with Crippen molar-refractivity contribution in [1.82, 2.24) is 4.57 Å². The Morgan fingerprint density at radius 2 is 1.08 bits per heavy atom. The van der Waals surface area contributed by atoms with Crippen LogP contribution in [0.3, 0.4) is 0 Å². The Bertz CT molecular complexity index is 3220. The zero-order valence-corrected chi connectivity index (χ0v) is 30.3. The highest BCUT2D eigenvalue weighted by atomic mass is 16.3. The van der Waals surface area contributed by atoms with Gasteiger partial charge in [-0.25, -0.2) is 0 Å². The third-order valence-electron chi connectivity index (χ3n) is 11.6. The molecule has 0 atom stereocenters. The largest absolute Gasteiger partial charge is 0.455 e. The van der Waals surface area contributed by atoms with E-state index in [1.165, 1.54) is 76.6 Å². The number of para-hydroxylation sites is 2. The van der Waals surface area contributed by atoms with Crippen molar-refractivity contribution in [3.63, 3.8) is 0 Å². The van der Waals surface area contributed by atoms with Gasteiger partial charge in [-0.1, -0.05) is 136 Å². The lowest BCUT2D eigenvalue weighted by Crippen LogP contribution is -2.10. The van der Waals surface area contributed by atoms with Gasteiger partial charge in [-0.2, -0.15) is 0 Å². The minimum absolute atomic E-state index is 0.0683. The molecule has 2 heterocycles. The van der Waals surface area contributed by atoms with Gasteiger partial charge in [0.2, 0.25) is 0 Å². The van der Waals surface area contributed by atoms with Crippen molar-refractivity contribution in [2.45, 2.75) is 33.1 Å². The molecule has 252 valence electrons. The molecule has 0 fully saturated rings. The van der Waals surface area contributed by atoms with E-state index in [4.69, 9.17) is 4.42 Å². The van der Waals surface area contributed by atoms with Crippen LogP contribution >= 0.6 is 0 Å². The Morgan fingerprint density at radius 3 is 1.75 bits per heavy atom. The molecule has 0 bridgehead atoms. The summed E-state index contributed by atoms with van der Waals surface area (Å²) in [5.41, 5.74) is 13.0. The first-order chi connectivity index (χ1) is 25.8. The average molecular weight is 680 g/mol. The molecule has 0 spiro atoms. The summed E-state index contributed by atoms with van der Waals surface area (Å²) in [5, 5.41) is 12.5. The Labute approximate surface area is 307 Å². The number of furan rings is 1. The SMILES string of the molecule is Cc1ccc(-c2cc(-c3ccc(-n4c5ccccc5c5c6oc7ccccc7c6ccc54)cc3)c3ccc4cc(C(C)(C)C)cc5ccc2c3c54)cc1. The van der Waals surface area contributed by atoms with E-state index < -0.39 is 0 Å². The predicted octanol–water partition coefficient (Wildman–Crippen LogP) is 14.5. The summed E-state index contributed by atoms with van der Waals surface area (Å²) >= 11 is 0. The van der Waals surface area contributed by atoms with E-state index in [1.807, 2.05) is 6.07 Å². The van der Waals surface area contributed by atoms with Crippen LogP contribution in [-0.4, -0.2) is 4.57 Å². The van der Waals surface area contributed by atoms with E-state index in [2.05, 4.69) is 178 Å². The topological polar surface area (TPSA) is 18.1 Å². The van der Waals surface area contributed by atoms with Crippen LogP contribution < -0.4 is 0 Å². The third-order valence-corrected chi connectivity index (χ3v) is 11.6. The van der Waals surface area contributed by atoms with Crippen molar-refractivity contribution in [2.24, 2.45) is 0 Å². The van der Waals surface area contributed by atoms with Crippen molar-refractivity contribution in [3.8, 4) is 27.9 Å². The molecular formula is C51H37NO. The highest BCUT2D eigenvalue weighted by Crippen LogP contribution is 2.46. The van der Waals surface area contributed by atoms with Crippen LogP contribution in [0, 0.1) is 6.92 Å². The number of rotatable bonds is 3. The summed E-state index contributed by atoms with van der Waals surface area (Å²) in [7, 11) is 0. The van der Waals surface area contributed by atoms with E-state index in [0.717, 1.165) is 38.5 Å². The molecule has 11 rings (SSSR count). The van der Waals surface area contributed by atoms with Gasteiger partial charge in [0.05, 0.1) is 16.4 Å². The molecule has 0 unspecified atom stereocenters. The number of hydrogen-bond donors (Lipinski definition) is 0. The van der Waals surface area contributed by atoms with Gasteiger partial charge in [0.25, 0.3) is 0 Å². The van der Waals surface area contributed by atoms with Crippen LogP contribution in [0.4, 0.5) is 0 Å². The van der Waals surface area contributed by atoms with Gasteiger partial charge in [-0.05, 0) is 115 Å². The normalized spacial score (nSPS) is 12.5. The van der Waals surface area contributed by atoms with Gasteiger partial charge in [-0.15, -0.1) is 0 Å². The smallest absolute Gasteiger partial charge is 0.145 e. The molecule has 11 aromatic rings. The monoisotopic (exact) mass is 679 g/mol. The van der Waals surface area contributed by atoms with Gasteiger partial charge < -0.3 is 8.98 Å². The number of fused-ring (bicyclic) bond motifs is 7. The molecule has 0 radical (unpaired) electrons. The van der Waals surface area contributed by atoms with Crippen molar-refractivity contribution < 1.29 is 4.42 Å². The summed E-state index contributed by atoms with van der Waals surface area (Å²) in [6.07, 6.45) is 0. The Hall–Kier alpha value is -6.38. The van der Waals surface area contributed by atoms with Gasteiger partial charge in [0, 0.05) is 21.8 Å². The lowest BCUT2D eigenvalue weighted by molar-refractivity contribution is 0.591. The molecule has 2 heteroatoms. The van der Waals surface area contributed by atoms with Crippen LogP contribution in [0.5, 0.6) is 0 Å². The zero-order chi connectivity index (χ0) is 35.6. The highest BCUT2D eigenvalue weighted by molar-refractivity contribution is 6.28. The van der Waals surface area contributed by atoms with E-state index in [-0.39, 0.29) is 5.41 Å². The maximum absolute atomic E-state index is 6.55. The maximum Gasteiger partial charge on any atom is 0.145 e. The van der Waals surface area contributed by atoms with E-state index in [9.17, 15) is 0 Å². The number of aryl methyl sites for hydroxylation is 1. The quantitative estimate of drug-likeness (QED) is 0.170. The van der Waals surface area contributed by atoms with Crippen LogP contribution in [0.25, 0.3) is 104 Å². The predicted molar refractivity (Wildman–Crippen MR) is 226 cm³/mol. The van der Waals surface area contributed by atoms with Gasteiger partial charge >= 0.3 is 0 Å². The third kappa shape index (κ3) is 4.39. The molecule has 2 nitrogen and oxygen atoms in total. The van der Waals surface area contributed by atoms with E-state index in [0.29, 0.717) is 0 Å². The summed E-state index contributed by atoms with van der Waals surface area (Å²) in [4.78, 5) is 0. The first kappa shape index (κ1) is 30.3.